The van der Waals surface area contributed by atoms with Gasteiger partial charge in [-0.25, -0.2) is 9.37 Å². The Labute approximate surface area is 139 Å². The Balaban J connectivity index is 2.29. The van der Waals surface area contributed by atoms with Gasteiger partial charge in [-0.1, -0.05) is 37.6 Å². The molecular formula is C18H19FN2O3. The van der Waals surface area contributed by atoms with Crippen LogP contribution in [-0.2, 0) is 11.2 Å². The molecule has 0 fully saturated rings. The van der Waals surface area contributed by atoms with Crippen LogP contribution in [-0.4, -0.2) is 28.5 Å². The van der Waals surface area contributed by atoms with E-state index in [9.17, 15) is 14.0 Å². The standard InChI is InChI=1S/C18H19FN2O3/c1-2-3-8-20-18(24)17-15(10-14(19)11-21-17)13-6-4-12(5-7-13)9-16(22)23/h4-7,10-11H,2-3,8-9H2,1H3,(H,20,24)(H,22,23). The Morgan fingerprint density at radius 3 is 2.58 bits per heavy atom. The second kappa shape index (κ2) is 8.19. The zero-order valence-corrected chi connectivity index (χ0v) is 13.4. The number of nitrogens with one attached hydrogen (secondary N) is 1. The lowest BCUT2D eigenvalue weighted by Crippen LogP contribution is -2.26. The average molecular weight is 330 g/mol. The molecule has 0 aliphatic heterocycles. The first-order valence-electron chi connectivity index (χ1n) is 7.76. The van der Waals surface area contributed by atoms with Gasteiger partial charge in [0, 0.05) is 12.1 Å². The summed E-state index contributed by atoms with van der Waals surface area (Å²) >= 11 is 0. The van der Waals surface area contributed by atoms with E-state index in [0.29, 0.717) is 23.2 Å². The van der Waals surface area contributed by atoms with Crippen LogP contribution in [0, 0.1) is 5.82 Å². The molecule has 0 radical (unpaired) electrons. The van der Waals surface area contributed by atoms with Gasteiger partial charge < -0.3 is 10.4 Å². The van der Waals surface area contributed by atoms with Crippen molar-refractivity contribution in [3.05, 3.63) is 53.6 Å². The van der Waals surface area contributed by atoms with Crippen LogP contribution in [0.2, 0.25) is 0 Å². The molecule has 0 saturated carbocycles. The second-order valence-corrected chi connectivity index (χ2v) is 5.43. The van der Waals surface area contributed by atoms with Crippen LogP contribution < -0.4 is 5.32 Å². The molecule has 6 heteroatoms. The number of carbonyl (C=O) groups is 2. The number of pyridine rings is 1. The molecular weight excluding hydrogens is 311 g/mol. The summed E-state index contributed by atoms with van der Waals surface area (Å²) in [5, 5.41) is 11.6. The van der Waals surface area contributed by atoms with Gasteiger partial charge in [0.25, 0.3) is 5.91 Å². The van der Waals surface area contributed by atoms with Crippen LogP contribution in [0.25, 0.3) is 11.1 Å². The minimum Gasteiger partial charge on any atom is -0.481 e. The molecule has 0 aliphatic carbocycles. The van der Waals surface area contributed by atoms with Crippen molar-refractivity contribution in [2.75, 3.05) is 6.54 Å². The molecule has 1 aromatic heterocycles. The highest BCUT2D eigenvalue weighted by molar-refractivity contribution is 5.98. The molecule has 1 heterocycles. The maximum Gasteiger partial charge on any atom is 0.307 e. The van der Waals surface area contributed by atoms with Crippen LogP contribution in [0.4, 0.5) is 4.39 Å². The number of benzene rings is 1. The van der Waals surface area contributed by atoms with Crippen LogP contribution in [0.15, 0.2) is 36.5 Å². The monoisotopic (exact) mass is 330 g/mol. The van der Waals surface area contributed by atoms with Gasteiger partial charge in [0.15, 0.2) is 0 Å². The van der Waals surface area contributed by atoms with E-state index in [1.807, 2.05) is 6.92 Å². The number of hydrogen-bond donors (Lipinski definition) is 2. The molecule has 0 aliphatic rings. The van der Waals surface area contributed by atoms with Crippen molar-refractivity contribution < 1.29 is 19.1 Å². The second-order valence-electron chi connectivity index (χ2n) is 5.43. The lowest BCUT2D eigenvalue weighted by Gasteiger charge is -2.10. The molecule has 0 saturated heterocycles. The Hall–Kier alpha value is -2.76. The van der Waals surface area contributed by atoms with Gasteiger partial charge >= 0.3 is 5.97 Å². The van der Waals surface area contributed by atoms with Crippen molar-refractivity contribution in [1.29, 1.82) is 0 Å². The summed E-state index contributed by atoms with van der Waals surface area (Å²) in [6.45, 7) is 2.55. The van der Waals surface area contributed by atoms with Crippen molar-refractivity contribution in [2.24, 2.45) is 0 Å². The average Bonchev–Trinajstić information content (AvgIpc) is 2.55. The first kappa shape index (κ1) is 17.6. The number of rotatable bonds is 7. The predicted molar refractivity (Wildman–Crippen MR) is 88.2 cm³/mol. The van der Waals surface area contributed by atoms with Gasteiger partial charge in [-0.15, -0.1) is 0 Å². The number of halogens is 1. The summed E-state index contributed by atoms with van der Waals surface area (Å²) in [4.78, 5) is 26.9. The Morgan fingerprint density at radius 1 is 1.25 bits per heavy atom. The highest BCUT2D eigenvalue weighted by Gasteiger charge is 2.15. The quantitative estimate of drug-likeness (QED) is 0.765. The summed E-state index contributed by atoms with van der Waals surface area (Å²) in [5.41, 5.74) is 1.77. The smallest absolute Gasteiger partial charge is 0.307 e. The van der Waals surface area contributed by atoms with Crippen LogP contribution in [0.3, 0.4) is 0 Å². The molecule has 0 atom stereocenters. The lowest BCUT2D eigenvalue weighted by atomic mass is 10.0. The summed E-state index contributed by atoms with van der Waals surface area (Å²) in [5.74, 6) is -1.82. The Kier molecular flexibility index (Phi) is 6.01. The summed E-state index contributed by atoms with van der Waals surface area (Å²) in [6.07, 6.45) is 2.73. The normalized spacial score (nSPS) is 10.4. The molecule has 2 aromatic rings. The fraction of sp³-hybridized carbons (Fsp3) is 0.278. The van der Waals surface area contributed by atoms with E-state index in [1.165, 1.54) is 6.07 Å². The van der Waals surface area contributed by atoms with Crippen molar-refractivity contribution in [3.63, 3.8) is 0 Å². The number of carboxylic acid groups (broad SMARTS) is 1. The molecule has 126 valence electrons. The van der Waals surface area contributed by atoms with Crippen LogP contribution in [0.1, 0.15) is 35.8 Å². The number of amides is 1. The van der Waals surface area contributed by atoms with Crippen molar-refractivity contribution in [1.82, 2.24) is 10.3 Å². The van der Waals surface area contributed by atoms with Gasteiger partial charge in [0.05, 0.1) is 12.6 Å². The molecule has 0 spiro atoms. The van der Waals surface area contributed by atoms with E-state index >= 15 is 0 Å². The van der Waals surface area contributed by atoms with E-state index in [2.05, 4.69) is 10.3 Å². The lowest BCUT2D eigenvalue weighted by molar-refractivity contribution is -0.136. The minimum atomic E-state index is -0.925. The first-order valence-corrected chi connectivity index (χ1v) is 7.76. The van der Waals surface area contributed by atoms with Crippen molar-refractivity contribution >= 4 is 11.9 Å². The van der Waals surface area contributed by atoms with E-state index in [0.717, 1.165) is 19.0 Å². The number of carboxylic acids is 1. The maximum atomic E-state index is 13.6. The highest BCUT2D eigenvalue weighted by Crippen LogP contribution is 2.24. The van der Waals surface area contributed by atoms with E-state index in [1.54, 1.807) is 24.3 Å². The SMILES string of the molecule is CCCCNC(=O)c1ncc(F)cc1-c1ccc(CC(=O)O)cc1. The van der Waals surface area contributed by atoms with Crippen LogP contribution in [0.5, 0.6) is 0 Å². The third-order valence-electron chi connectivity index (χ3n) is 3.51. The fourth-order valence-electron chi connectivity index (χ4n) is 2.28. The number of hydrogen-bond acceptors (Lipinski definition) is 3. The highest BCUT2D eigenvalue weighted by atomic mass is 19.1. The molecule has 0 bridgehead atoms. The molecule has 1 amide bonds. The number of unbranched alkanes of at least 4 members (excludes halogenated alkanes) is 1. The van der Waals surface area contributed by atoms with Crippen LogP contribution >= 0.6 is 0 Å². The third-order valence-corrected chi connectivity index (χ3v) is 3.51. The topological polar surface area (TPSA) is 79.3 Å². The zero-order valence-electron chi connectivity index (χ0n) is 13.4. The minimum absolute atomic E-state index is 0.0912. The Morgan fingerprint density at radius 2 is 1.96 bits per heavy atom. The van der Waals surface area contributed by atoms with E-state index in [-0.39, 0.29) is 18.0 Å². The summed E-state index contributed by atoms with van der Waals surface area (Å²) in [6, 6.07) is 7.88. The van der Waals surface area contributed by atoms with Gasteiger partial charge in [-0.2, -0.15) is 0 Å². The van der Waals surface area contributed by atoms with Gasteiger partial charge in [0.1, 0.15) is 11.5 Å². The number of carbonyl (C=O) groups excluding carboxylic acids is 1. The number of aliphatic carboxylic acids is 1. The van der Waals surface area contributed by atoms with Gasteiger partial charge in [-0.05, 0) is 23.6 Å². The number of aromatic nitrogens is 1. The molecule has 2 N–H and O–H groups in total. The van der Waals surface area contributed by atoms with Gasteiger partial charge in [-0.3, -0.25) is 9.59 Å². The summed E-state index contributed by atoms with van der Waals surface area (Å²) in [7, 11) is 0. The van der Waals surface area contributed by atoms with Crippen molar-refractivity contribution in [2.45, 2.75) is 26.2 Å². The maximum absolute atomic E-state index is 13.6. The number of nitrogens with zero attached hydrogens (tertiary/aromatic N) is 1. The molecule has 0 unspecified atom stereocenters. The molecule has 5 nitrogen and oxygen atoms in total. The predicted octanol–water partition coefficient (Wildman–Crippen LogP) is 3.04. The largest absolute Gasteiger partial charge is 0.481 e. The molecule has 24 heavy (non-hydrogen) atoms. The molecule has 1 aromatic carbocycles. The Bertz CT molecular complexity index is 730. The fourth-order valence-corrected chi connectivity index (χ4v) is 2.28. The summed E-state index contributed by atoms with van der Waals surface area (Å²) < 4.78 is 13.6. The van der Waals surface area contributed by atoms with E-state index in [4.69, 9.17) is 5.11 Å². The van der Waals surface area contributed by atoms with Crippen molar-refractivity contribution in [3.8, 4) is 11.1 Å². The zero-order chi connectivity index (χ0) is 17.5. The molecule has 2 rings (SSSR count). The van der Waals surface area contributed by atoms with E-state index < -0.39 is 11.8 Å². The van der Waals surface area contributed by atoms with Gasteiger partial charge in [0.2, 0.25) is 0 Å². The first-order chi connectivity index (χ1) is 11.5. The third kappa shape index (κ3) is 4.62.